The monoisotopic (exact) mass is 508 g/mol. The van der Waals surface area contributed by atoms with Crippen molar-refractivity contribution < 1.29 is 19.4 Å². The van der Waals surface area contributed by atoms with Crippen LogP contribution in [0.5, 0.6) is 5.75 Å². The summed E-state index contributed by atoms with van der Waals surface area (Å²) in [4.78, 5) is 32.9. The first-order valence-corrected chi connectivity index (χ1v) is 13.1. The molecule has 0 aliphatic carbocycles. The molecular weight excluding hydrogens is 468 g/mol. The summed E-state index contributed by atoms with van der Waals surface area (Å²) in [5.74, 6) is 0.181. The van der Waals surface area contributed by atoms with Gasteiger partial charge in [-0.25, -0.2) is 4.98 Å². The molecule has 1 aromatic carbocycles. The molecule has 37 heavy (non-hydrogen) atoms. The summed E-state index contributed by atoms with van der Waals surface area (Å²) in [7, 11) is 0. The number of anilines is 1. The number of nitrogens with zero attached hydrogens (tertiary/aromatic N) is 3. The van der Waals surface area contributed by atoms with Crippen LogP contribution in [0.15, 0.2) is 24.3 Å². The third kappa shape index (κ3) is 6.67. The fraction of sp³-hybridized carbons (Fsp3) is 0.517. The minimum Gasteiger partial charge on any atom is -0.491 e. The van der Waals surface area contributed by atoms with E-state index in [9.17, 15) is 9.59 Å². The number of carboxylic acids is 1. The highest BCUT2D eigenvalue weighted by atomic mass is 16.5. The molecule has 1 aliphatic rings. The number of aromatic nitrogens is 1. The molecule has 1 aliphatic heterocycles. The normalized spacial score (nSPS) is 13.0. The highest BCUT2D eigenvalue weighted by Crippen LogP contribution is 2.41. The van der Waals surface area contributed by atoms with E-state index in [1.807, 2.05) is 31.2 Å². The van der Waals surface area contributed by atoms with Crippen LogP contribution in [0.3, 0.4) is 0 Å². The summed E-state index contributed by atoms with van der Waals surface area (Å²) in [6.45, 7) is 14.9. The number of pyridine rings is 1. The molecule has 0 atom stereocenters. The minimum atomic E-state index is -0.804. The maximum absolute atomic E-state index is 13.6. The fourth-order valence-electron chi connectivity index (χ4n) is 4.59. The van der Waals surface area contributed by atoms with Gasteiger partial charge < -0.3 is 19.6 Å². The molecule has 0 unspecified atom stereocenters. The third-order valence-electron chi connectivity index (χ3n) is 6.69. The van der Waals surface area contributed by atoms with Gasteiger partial charge in [0.25, 0.3) is 0 Å². The number of hydrogen-bond donors (Lipinski definition) is 2. The van der Waals surface area contributed by atoms with Crippen molar-refractivity contribution in [2.24, 2.45) is 0 Å². The van der Waals surface area contributed by atoms with Crippen molar-refractivity contribution in [3.05, 3.63) is 52.3 Å². The molecule has 2 heterocycles. The Balaban J connectivity index is 1.92. The topological polar surface area (TPSA) is 107 Å². The molecule has 0 fully saturated rings. The summed E-state index contributed by atoms with van der Waals surface area (Å²) < 4.78 is 6.30. The lowest BCUT2D eigenvalue weighted by Gasteiger charge is -2.31. The van der Waals surface area contributed by atoms with Crippen LogP contribution in [-0.2, 0) is 16.8 Å². The van der Waals surface area contributed by atoms with E-state index in [1.165, 1.54) is 0 Å². The minimum absolute atomic E-state index is 0.0545. The number of unbranched alkanes of at least 4 members (excludes halogenated alkanes) is 1. The average molecular weight is 509 g/mol. The number of benzene rings is 1. The maximum Gasteiger partial charge on any atom is 0.303 e. The summed E-state index contributed by atoms with van der Waals surface area (Å²) >= 11 is 0. The zero-order valence-corrected chi connectivity index (χ0v) is 23.0. The molecule has 0 bridgehead atoms. The van der Waals surface area contributed by atoms with Crippen molar-refractivity contribution >= 4 is 23.3 Å². The van der Waals surface area contributed by atoms with E-state index in [2.05, 4.69) is 44.5 Å². The highest BCUT2D eigenvalue weighted by Gasteiger charge is 2.30. The lowest BCUT2D eigenvalue weighted by atomic mass is 9.84. The Hall–Kier alpha value is -3.42. The Bertz CT molecular complexity index is 1170. The second-order valence-corrected chi connectivity index (χ2v) is 10.6. The predicted octanol–water partition coefficient (Wildman–Crippen LogP) is 5.19. The van der Waals surface area contributed by atoms with Gasteiger partial charge in [0.2, 0.25) is 0 Å². The molecular formula is C29H40N4O4. The number of rotatable bonds is 12. The summed E-state index contributed by atoms with van der Waals surface area (Å²) in [6, 6.07) is 7.75. The molecule has 0 spiro atoms. The van der Waals surface area contributed by atoms with Crippen LogP contribution in [0, 0.1) is 12.3 Å². The smallest absolute Gasteiger partial charge is 0.303 e. The van der Waals surface area contributed by atoms with Crippen molar-refractivity contribution in [3.63, 3.8) is 0 Å². The Labute approximate surface area is 220 Å². The van der Waals surface area contributed by atoms with E-state index in [0.29, 0.717) is 37.3 Å². The number of carbonyl (C=O) groups is 2. The Morgan fingerprint density at radius 2 is 1.86 bits per heavy atom. The molecule has 8 heteroatoms. The Morgan fingerprint density at radius 1 is 1.16 bits per heavy atom. The molecule has 3 rings (SSSR count). The highest BCUT2D eigenvalue weighted by molar-refractivity contribution is 6.05. The van der Waals surface area contributed by atoms with Crippen LogP contribution in [-0.4, -0.2) is 58.8 Å². The van der Waals surface area contributed by atoms with Crippen molar-refractivity contribution in [1.82, 2.24) is 9.88 Å². The van der Waals surface area contributed by atoms with Gasteiger partial charge in [-0.05, 0) is 57.2 Å². The number of aryl methyl sites for hydroxylation is 1. The van der Waals surface area contributed by atoms with Gasteiger partial charge in [0.05, 0.1) is 18.8 Å². The number of amidine groups is 1. The summed E-state index contributed by atoms with van der Waals surface area (Å²) in [6.07, 6.45) is 1.31. The fourth-order valence-corrected chi connectivity index (χ4v) is 4.59. The zero-order chi connectivity index (χ0) is 27.3. The number of carboxylic acid groups (broad SMARTS) is 1. The van der Waals surface area contributed by atoms with Crippen molar-refractivity contribution in [2.45, 2.75) is 72.8 Å². The van der Waals surface area contributed by atoms with Crippen LogP contribution in [0.25, 0.3) is 0 Å². The van der Waals surface area contributed by atoms with E-state index < -0.39 is 5.97 Å². The van der Waals surface area contributed by atoms with E-state index in [4.69, 9.17) is 15.3 Å². The van der Waals surface area contributed by atoms with Gasteiger partial charge in [-0.1, -0.05) is 26.8 Å². The second kappa shape index (κ2) is 11.8. The first kappa shape index (κ1) is 28.2. The van der Waals surface area contributed by atoms with Gasteiger partial charge in [-0.3, -0.25) is 15.0 Å². The van der Waals surface area contributed by atoms with Gasteiger partial charge in [0.1, 0.15) is 17.3 Å². The van der Waals surface area contributed by atoms with E-state index in [1.54, 1.807) is 4.90 Å². The number of nitrogens with one attached hydrogen (secondary N) is 1. The maximum atomic E-state index is 13.6. The molecule has 200 valence electrons. The quantitative estimate of drug-likeness (QED) is 0.300. The van der Waals surface area contributed by atoms with Crippen LogP contribution in [0.2, 0.25) is 0 Å². The summed E-state index contributed by atoms with van der Waals surface area (Å²) in [5.41, 5.74) is 4.60. The number of ether oxygens (including phenoxy) is 1. The number of Topliss-reactive ketones (excluding diaryl/α,β-unsaturated/α-hetero) is 1. The Morgan fingerprint density at radius 3 is 2.49 bits per heavy atom. The number of ketones is 1. The van der Waals surface area contributed by atoms with Crippen molar-refractivity contribution in [2.75, 3.05) is 31.1 Å². The van der Waals surface area contributed by atoms with Gasteiger partial charge in [-0.15, -0.1) is 0 Å². The average Bonchev–Trinajstić information content (AvgIpc) is 3.13. The first-order valence-electron chi connectivity index (χ1n) is 13.1. The van der Waals surface area contributed by atoms with Gasteiger partial charge in [-0.2, -0.15) is 0 Å². The molecule has 0 saturated heterocycles. The van der Waals surface area contributed by atoms with Crippen LogP contribution >= 0.6 is 0 Å². The lowest BCUT2D eigenvalue weighted by Crippen LogP contribution is -2.31. The molecule has 0 radical (unpaired) electrons. The van der Waals surface area contributed by atoms with Gasteiger partial charge in [0, 0.05) is 48.4 Å². The largest absolute Gasteiger partial charge is 0.491 e. The van der Waals surface area contributed by atoms with E-state index in [0.717, 1.165) is 41.3 Å². The lowest BCUT2D eigenvalue weighted by molar-refractivity contribution is -0.137. The third-order valence-corrected chi connectivity index (χ3v) is 6.69. The molecule has 2 aromatic rings. The van der Waals surface area contributed by atoms with Crippen LogP contribution in [0.4, 0.5) is 5.69 Å². The number of fused-ring (bicyclic) bond motifs is 1. The number of hydrogen-bond acceptors (Lipinski definition) is 6. The van der Waals surface area contributed by atoms with Crippen LogP contribution < -0.4 is 9.64 Å². The van der Waals surface area contributed by atoms with Gasteiger partial charge >= 0.3 is 5.97 Å². The number of carbonyl (C=O) groups excluding carboxylic acids is 1. The molecule has 0 amide bonds. The molecule has 0 saturated carbocycles. The number of aliphatic carboxylic acids is 1. The van der Waals surface area contributed by atoms with E-state index >= 15 is 0 Å². The Kier molecular flexibility index (Phi) is 8.94. The zero-order valence-electron chi connectivity index (χ0n) is 23.0. The first-order chi connectivity index (χ1) is 17.5. The van der Waals surface area contributed by atoms with Gasteiger partial charge in [0.15, 0.2) is 5.78 Å². The summed E-state index contributed by atoms with van der Waals surface area (Å²) in [5, 5.41) is 17.5. The van der Waals surface area contributed by atoms with Crippen molar-refractivity contribution in [3.8, 4) is 5.75 Å². The van der Waals surface area contributed by atoms with E-state index in [-0.39, 0.29) is 30.0 Å². The molecule has 2 N–H and O–H groups in total. The molecule has 8 nitrogen and oxygen atoms in total. The van der Waals surface area contributed by atoms with Crippen LogP contribution in [0.1, 0.15) is 86.8 Å². The standard InChI is InChI=1S/C29H40N4O4/c1-7-32(8-2)23-16-21(15-22(29(4,5)6)27(23)37-14-10-9-11-25(35)36)24(34)18-33-17-20-13-12-19(3)31-26(20)28(33)30/h12-13,15-16,30H,7-11,14,17-18H2,1-6H3,(H,35,36). The molecule has 1 aromatic heterocycles. The second-order valence-electron chi connectivity index (χ2n) is 10.6. The predicted molar refractivity (Wildman–Crippen MR) is 146 cm³/mol. The van der Waals surface area contributed by atoms with Crippen molar-refractivity contribution in [1.29, 1.82) is 5.41 Å². The SMILES string of the molecule is CCN(CC)c1cc(C(=O)CN2Cc3ccc(C)nc3C2=N)cc(C(C)(C)C)c1OCCCCC(=O)O.